The maximum atomic E-state index is 14.0. The van der Waals surface area contributed by atoms with Gasteiger partial charge in [-0.25, -0.2) is 14.5 Å². The Labute approximate surface area is 225 Å². The highest BCUT2D eigenvalue weighted by Crippen LogP contribution is 2.50. The maximum Gasteiger partial charge on any atom is 0.418 e. The third-order valence-corrected chi connectivity index (χ3v) is 7.69. The van der Waals surface area contributed by atoms with Gasteiger partial charge in [-0.15, -0.1) is 6.58 Å². The first kappa shape index (κ1) is 29.3. The van der Waals surface area contributed by atoms with Gasteiger partial charge in [-0.05, 0) is 44.1 Å². The number of carbonyl (C=O) groups excluding carboxylic acids is 3. The second-order valence-corrected chi connectivity index (χ2v) is 14.8. The van der Waals surface area contributed by atoms with Crippen LogP contribution in [-0.2, 0) is 41.4 Å². The Morgan fingerprint density at radius 3 is 2.05 bits per heavy atom. The summed E-state index contributed by atoms with van der Waals surface area (Å²) in [5, 5.41) is 0. The molecule has 8 nitrogen and oxygen atoms in total. The summed E-state index contributed by atoms with van der Waals surface area (Å²) < 4.78 is 23.1. The van der Waals surface area contributed by atoms with Crippen LogP contribution >= 0.6 is 0 Å². The van der Waals surface area contributed by atoms with Gasteiger partial charge in [-0.2, -0.15) is 0 Å². The van der Waals surface area contributed by atoms with E-state index in [1.54, 1.807) is 19.1 Å². The second-order valence-electron chi connectivity index (χ2n) is 10.4. The Balaban J connectivity index is 1.95. The normalized spacial score (nSPS) is 23.2. The largest absolute Gasteiger partial charge is 0.467 e. The number of nitrogens with zero attached hydrogens (tertiary/aromatic N) is 1. The Kier molecular flexibility index (Phi) is 9.30. The summed E-state index contributed by atoms with van der Waals surface area (Å²) in [6.45, 7) is 11.9. The molecule has 0 saturated carbocycles. The summed E-state index contributed by atoms with van der Waals surface area (Å²) in [4.78, 5) is 41.8. The van der Waals surface area contributed by atoms with Crippen molar-refractivity contribution in [2.45, 2.75) is 57.3 Å². The molecule has 0 spiro atoms. The first-order chi connectivity index (χ1) is 18.0. The lowest BCUT2D eigenvalue weighted by atomic mass is 9.75. The van der Waals surface area contributed by atoms with Crippen molar-refractivity contribution in [3.8, 4) is 0 Å². The van der Waals surface area contributed by atoms with Crippen molar-refractivity contribution in [3.63, 3.8) is 0 Å². The molecule has 38 heavy (non-hydrogen) atoms. The minimum Gasteiger partial charge on any atom is -0.467 e. The van der Waals surface area contributed by atoms with Crippen molar-refractivity contribution in [1.82, 2.24) is 4.90 Å². The van der Waals surface area contributed by atoms with E-state index >= 15 is 0 Å². The van der Waals surface area contributed by atoms with Crippen molar-refractivity contribution in [2.75, 3.05) is 13.7 Å². The minimum absolute atomic E-state index is 0.0751. The average molecular weight is 540 g/mol. The number of hydrogen-bond donors (Lipinski definition) is 0. The van der Waals surface area contributed by atoms with Crippen molar-refractivity contribution in [3.05, 3.63) is 84.4 Å². The summed E-state index contributed by atoms with van der Waals surface area (Å²) in [5.74, 6) is -2.32. The SMILES string of the molecule is C=C[C@@]1(C(=O)OC)N(C(=O)OCc2ccccc2)C(=O)[C@H](CCOCc2ccccc2)[C@]1(C)O[Si](C)(C)C. The number of benzene rings is 2. The summed E-state index contributed by atoms with van der Waals surface area (Å²) in [7, 11) is -1.19. The van der Waals surface area contributed by atoms with E-state index in [-0.39, 0.29) is 19.6 Å². The summed E-state index contributed by atoms with van der Waals surface area (Å²) in [6.07, 6.45) is 0.509. The van der Waals surface area contributed by atoms with Crippen molar-refractivity contribution < 1.29 is 33.0 Å². The quantitative estimate of drug-likeness (QED) is 0.170. The maximum absolute atomic E-state index is 14.0. The Bertz CT molecular complexity index is 1130. The third-order valence-electron chi connectivity index (χ3n) is 6.65. The molecule has 2 amide bonds. The number of hydrogen-bond acceptors (Lipinski definition) is 7. The molecule has 0 radical (unpaired) electrons. The number of likely N-dealkylation sites (tertiary alicyclic amines) is 1. The first-order valence-corrected chi connectivity index (χ1v) is 16.0. The van der Waals surface area contributed by atoms with Gasteiger partial charge in [0.2, 0.25) is 5.91 Å². The number of imide groups is 1. The fourth-order valence-corrected chi connectivity index (χ4v) is 6.62. The highest BCUT2D eigenvalue weighted by molar-refractivity contribution is 6.69. The van der Waals surface area contributed by atoms with E-state index < -0.39 is 43.3 Å². The Hall–Kier alpha value is -3.27. The molecule has 1 aliphatic heterocycles. The molecule has 0 bridgehead atoms. The summed E-state index contributed by atoms with van der Waals surface area (Å²) in [5.41, 5.74) is -1.67. The van der Waals surface area contributed by atoms with Crippen LogP contribution < -0.4 is 0 Å². The number of carbonyl (C=O) groups is 3. The van der Waals surface area contributed by atoms with Gasteiger partial charge in [0.25, 0.3) is 0 Å². The lowest BCUT2D eigenvalue weighted by Crippen LogP contribution is -2.66. The monoisotopic (exact) mass is 539 g/mol. The van der Waals surface area contributed by atoms with E-state index in [1.165, 1.54) is 13.2 Å². The molecule has 1 heterocycles. The van der Waals surface area contributed by atoms with Gasteiger partial charge < -0.3 is 18.6 Å². The third kappa shape index (κ3) is 5.90. The molecule has 204 valence electrons. The minimum atomic E-state index is -2.39. The number of esters is 1. The number of methoxy groups -OCH3 is 1. The molecule has 2 aromatic carbocycles. The molecule has 3 atom stereocenters. The lowest BCUT2D eigenvalue weighted by Gasteiger charge is -2.46. The zero-order valence-electron chi connectivity index (χ0n) is 22.8. The molecule has 3 rings (SSSR count). The molecule has 1 aliphatic rings. The molecular weight excluding hydrogens is 502 g/mol. The number of ether oxygens (including phenoxy) is 3. The van der Waals surface area contributed by atoms with E-state index in [2.05, 4.69) is 6.58 Å². The summed E-state index contributed by atoms with van der Waals surface area (Å²) in [6, 6.07) is 18.7. The zero-order valence-corrected chi connectivity index (χ0v) is 23.8. The first-order valence-electron chi connectivity index (χ1n) is 12.6. The van der Waals surface area contributed by atoms with E-state index in [1.807, 2.05) is 68.2 Å². The zero-order chi connectivity index (χ0) is 28.0. The number of amides is 2. The van der Waals surface area contributed by atoms with Gasteiger partial charge in [0, 0.05) is 6.61 Å². The molecule has 0 N–H and O–H groups in total. The fourth-order valence-electron chi connectivity index (χ4n) is 5.05. The standard InChI is InChI=1S/C29H37NO7Si/c1-7-29(26(32)34-3)28(2,37-38(4,5)6)24(18-19-35-20-22-14-10-8-11-15-22)25(31)30(29)27(33)36-21-23-16-12-9-13-17-23/h7-17,24H,1,18-21H2,2-6H3/t24-,28-,29-/m0/s1. The van der Waals surface area contributed by atoms with Crippen LogP contribution in [0.15, 0.2) is 73.3 Å². The highest BCUT2D eigenvalue weighted by atomic mass is 28.4. The predicted octanol–water partition coefficient (Wildman–Crippen LogP) is 5.10. The van der Waals surface area contributed by atoms with Crippen molar-refractivity contribution in [1.29, 1.82) is 0 Å². The molecule has 9 heteroatoms. The van der Waals surface area contributed by atoms with E-state index in [0.29, 0.717) is 6.61 Å². The van der Waals surface area contributed by atoms with Crippen LogP contribution in [0.25, 0.3) is 0 Å². The molecule has 0 aromatic heterocycles. The van der Waals surface area contributed by atoms with Gasteiger partial charge >= 0.3 is 12.1 Å². The smallest absolute Gasteiger partial charge is 0.418 e. The van der Waals surface area contributed by atoms with Crippen molar-refractivity contribution >= 4 is 26.3 Å². The molecule has 2 aromatic rings. The molecule has 0 unspecified atom stereocenters. The van der Waals surface area contributed by atoms with Gasteiger partial charge in [0.1, 0.15) is 12.2 Å². The van der Waals surface area contributed by atoms with Crippen LogP contribution in [0, 0.1) is 5.92 Å². The highest BCUT2D eigenvalue weighted by Gasteiger charge is 2.72. The molecule has 1 fully saturated rings. The fraction of sp³-hybridized carbons (Fsp3) is 0.414. The van der Waals surface area contributed by atoms with Crippen LogP contribution in [0.2, 0.25) is 19.6 Å². The topological polar surface area (TPSA) is 91.4 Å². The Morgan fingerprint density at radius 2 is 1.55 bits per heavy atom. The van der Waals surface area contributed by atoms with Gasteiger partial charge in [-0.3, -0.25) is 4.79 Å². The van der Waals surface area contributed by atoms with Crippen LogP contribution in [-0.4, -0.2) is 56.0 Å². The molecule has 0 aliphatic carbocycles. The van der Waals surface area contributed by atoms with E-state index in [0.717, 1.165) is 16.0 Å². The van der Waals surface area contributed by atoms with Gasteiger partial charge in [-0.1, -0.05) is 66.7 Å². The second kappa shape index (κ2) is 12.1. The number of rotatable bonds is 11. The predicted molar refractivity (Wildman–Crippen MR) is 145 cm³/mol. The van der Waals surface area contributed by atoms with Gasteiger partial charge in [0.05, 0.1) is 19.6 Å². The molecule has 1 saturated heterocycles. The summed E-state index contributed by atoms with van der Waals surface area (Å²) >= 11 is 0. The van der Waals surface area contributed by atoms with Gasteiger partial charge in [0.15, 0.2) is 13.9 Å². The molecular formula is C29H37NO7Si. The van der Waals surface area contributed by atoms with Crippen LogP contribution in [0.3, 0.4) is 0 Å². The Morgan fingerprint density at radius 1 is 1.00 bits per heavy atom. The van der Waals surface area contributed by atoms with Crippen LogP contribution in [0.4, 0.5) is 4.79 Å². The lowest BCUT2D eigenvalue weighted by molar-refractivity contribution is -0.160. The van der Waals surface area contributed by atoms with Crippen LogP contribution in [0.1, 0.15) is 24.5 Å². The van der Waals surface area contributed by atoms with E-state index in [9.17, 15) is 14.4 Å². The van der Waals surface area contributed by atoms with E-state index in [4.69, 9.17) is 18.6 Å². The average Bonchev–Trinajstić information content (AvgIpc) is 3.07. The van der Waals surface area contributed by atoms with Crippen LogP contribution in [0.5, 0.6) is 0 Å². The van der Waals surface area contributed by atoms with Crippen molar-refractivity contribution in [2.24, 2.45) is 5.92 Å².